The number of carbonyl (C=O) groups excluding carboxylic acids is 1. The van der Waals surface area contributed by atoms with Gasteiger partial charge in [-0.3, -0.25) is 4.79 Å². The number of amides is 1. The zero-order valence-corrected chi connectivity index (χ0v) is 19.0. The molecule has 6 nitrogen and oxygen atoms in total. The number of ether oxygens (including phenoxy) is 1. The minimum absolute atomic E-state index is 0.0848. The first kappa shape index (κ1) is 21.2. The number of carboxylic acid groups (broad SMARTS) is 1. The van der Waals surface area contributed by atoms with E-state index < -0.39 is 5.97 Å². The summed E-state index contributed by atoms with van der Waals surface area (Å²) < 4.78 is 5.71. The third-order valence-electron chi connectivity index (χ3n) is 6.92. The number of H-pyrrole nitrogens is 1. The van der Waals surface area contributed by atoms with E-state index in [1.54, 1.807) is 36.4 Å². The summed E-state index contributed by atoms with van der Waals surface area (Å²) in [5, 5.41) is 10.3. The molecule has 0 bridgehead atoms. The molecule has 0 aliphatic carbocycles. The van der Waals surface area contributed by atoms with Gasteiger partial charge in [0.15, 0.2) is 0 Å². The van der Waals surface area contributed by atoms with E-state index in [1.165, 1.54) is 16.5 Å². The number of aromatic amines is 1. The Morgan fingerprint density at radius 1 is 1.03 bits per heavy atom. The Kier molecular flexibility index (Phi) is 5.14. The molecule has 3 aromatic carbocycles. The average molecular weight is 465 g/mol. The summed E-state index contributed by atoms with van der Waals surface area (Å²) in [7, 11) is 0. The van der Waals surface area contributed by atoms with E-state index in [1.807, 2.05) is 23.1 Å². The van der Waals surface area contributed by atoms with Crippen LogP contribution in [0.15, 0.2) is 72.8 Å². The highest BCUT2D eigenvalue weighted by Crippen LogP contribution is 2.40. The molecule has 2 aliphatic rings. The quantitative estimate of drug-likeness (QED) is 0.417. The van der Waals surface area contributed by atoms with Crippen molar-refractivity contribution in [3.8, 4) is 5.75 Å². The molecule has 2 N–H and O–H groups in total. The number of rotatable bonds is 4. The summed E-state index contributed by atoms with van der Waals surface area (Å²) in [6.07, 6.45) is 4.96. The molecule has 0 radical (unpaired) electrons. The molecule has 0 saturated carbocycles. The number of hydrogen-bond acceptors (Lipinski definition) is 3. The van der Waals surface area contributed by atoms with E-state index in [4.69, 9.17) is 9.84 Å². The molecule has 1 unspecified atom stereocenters. The minimum atomic E-state index is -0.971. The molecule has 2 aliphatic heterocycles. The van der Waals surface area contributed by atoms with Gasteiger partial charge >= 0.3 is 5.97 Å². The topological polar surface area (TPSA) is 82.6 Å². The molecule has 1 atom stereocenters. The molecule has 0 saturated heterocycles. The van der Waals surface area contributed by atoms with Crippen molar-refractivity contribution in [1.29, 1.82) is 0 Å². The van der Waals surface area contributed by atoms with Crippen molar-refractivity contribution in [3.63, 3.8) is 0 Å². The lowest BCUT2D eigenvalue weighted by Gasteiger charge is -2.36. The predicted molar refractivity (Wildman–Crippen MR) is 134 cm³/mol. The van der Waals surface area contributed by atoms with Gasteiger partial charge in [0.2, 0.25) is 5.91 Å². The molecule has 0 spiro atoms. The van der Waals surface area contributed by atoms with Gasteiger partial charge in [0.1, 0.15) is 5.75 Å². The third-order valence-corrected chi connectivity index (χ3v) is 6.92. The first-order valence-corrected chi connectivity index (χ1v) is 11.8. The molecule has 0 fully saturated rings. The van der Waals surface area contributed by atoms with Crippen LogP contribution in [0.3, 0.4) is 0 Å². The number of fused-ring (bicyclic) bond motifs is 4. The molecule has 6 rings (SSSR count). The molecular formula is C29H24N2O4. The Morgan fingerprint density at radius 2 is 1.86 bits per heavy atom. The first-order chi connectivity index (χ1) is 17.1. The molecule has 1 aromatic heterocycles. The van der Waals surface area contributed by atoms with Crippen LogP contribution >= 0.6 is 0 Å². The zero-order valence-electron chi connectivity index (χ0n) is 19.0. The minimum Gasteiger partial charge on any atom is -0.493 e. The van der Waals surface area contributed by atoms with Crippen molar-refractivity contribution in [1.82, 2.24) is 9.88 Å². The van der Waals surface area contributed by atoms with E-state index >= 15 is 0 Å². The van der Waals surface area contributed by atoms with Crippen LogP contribution in [0.5, 0.6) is 5.75 Å². The zero-order chi connectivity index (χ0) is 23.9. The van der Waals surface area contributed by atoms with Crippen LogP contribution in [0.2, 0.25) is 0 Å². The fraction of sp³-hybridized carbons (Fsp3) is 0.172. The van der Waals surface area contributed by atoms with Gasteiger partial charge in [0, 0.05) is 35.6 Å². The van der Waals surface area contributed by atoms with Crippen molar-refractivity contribution in [2.75, 3.05) is 13.2 Å². The third kappa shape index (κ3) is 3.77. The summed E-state index contributed by atoms with van der Waals surface area (Å²) in [5.74, 6) is -0.135. The number of carbonyl (C=O) groups is 2. The highest BCUT2D eigenvalue weighted by molar-refractivity contribution is 5.94. The van der Waals surface area contributed by atoms with Crippen LogP contribution in [0.25, 0.3) is 17.0 Å². The second-order valence-corrected chi connectivity index (χ2v) is 8.97. The van der Waals surface area contributed by atoms with Crippen molar-refractivity contribution in [2.24, 2.45) is 0 Å². The maximum absolute atomic E-state index is 13.5. The van der Waals surface area contributed by atoms with E-state index in [-0.39, 0.29) is 17.5 Å². The van der Waals surface area contributed by atoms with Crippen LogP contribution in [0.1, 0.15) is 44.3 Å². The molecule has 174 valence electrons. The molecule has 4 aromatic rings. The summed E-state index contributed by atoms with van der Waals surface area (Å²) in [4.78, 5) is 30.1. The average Bonchev–Trinajstić information content (AvgIpc) is 3.51. The number of aromatic nitrogens is 1. The number of para-hydroxylation sites is 1. The Hall–Kier alpha value is -4.32. The highest BCUT2D eigenvalue weighted by atomic mass is 16.5. The molecule has 3 heterocycles. The second kappa shape index (κ2) is 8.47. The summed E-state index contributed by atoms with van der Waals surface area (Å²) in [6, 6.07) is 20.8. The van der Waals surface area contributed by atoms with Crippen molar-refractivity contribution < 1.29 is 19.4 Å². The summed E-state index contributed by atoms with van der Waals surface area (Å²) in [6.45, 7) is 1.29. The number of benzene rings is 3. The van der Waals surface area contributed by atoms with Gasteiger partial charge in [0.25, 0.3) is 0 Å². The molecule has 35 heavy (non-hydrogen) atoms. The normalized spacial score (nSPS) is 16.8. The Morgan fingerprint density at radius 3 is 2.69 bits per heavy atom. The van der Waals surface area contributed by atoms with Crippen LogP contribution in [0, 0.1) is 0 Å². The fourth-order valence-electron chi connectivity index (χ4n) is 5.20. The van der Waals surface area contributed by atoms with Gasteiger partial charge in [-0.15, -0.1) is 0 Å². The summed E-state index contributed by atoms with van der Waals surface area (Å²) in [5.41, 5.74) is 6.63. The predicted octanol–water partition coefficient (Wildman–Crippen LogP) is 4.99. The monoisotopic (exact) mass is 464 g/mol. The van der Waals surface area contributed by atoms with E-state index in [2.05, 4.69) is 29.2 Å². The fourth-order valence-corrected chi connectivity index (χ4v) is 5.20. The standard InChI is InChI=1S/C29H24N2O4/c32-26(12-7-18-5-8-19(9-6-18)29(33)34)31-15-13-23-22-3-1-2-4-24(22)30-27(23)28(31)21-10-11-25-20(17-21)14-16-35-25/h1-12,17,28,30H,13-16H2,(H,33,34)/b12-7+. The number of carboxylic acids is 1. The Labute approximate surface area is 202 Å². The SMILES string of the molecule is O=C(O)c1ccc(/C=C/C(=O)N2CCc3c([nH]c4ccccc34)C2c2ccc3c(c2)CCO3)cc1. The van der Waals surface area contributed by atoms with Gasteiger partial charge in [-0.05, 0) is 65.1 Å². The lowest BCUT2D eigenvalue weighted by molar-refractivity contribution is -0.128. The van der Waals surface area contributed by atoms with E-state index in [0.717, 1.165) is 40.9 Å². The molecule has 1 amide bonds. The maximum Gasteiger partial charge on any atom is 0.335 e. The molecule has 6 heteroatoms. The smallest absolute Gasteiger partial charge is 0.335 e. The Balaban J connectivity index is 1.38. The van der Waals surface area contributed by atoms with Gasteiger partial charge in [-0.2, -0.15) is 0 Å². The van der Waals surface area contributed by atoms with Crippen molar-refractivity contribution >= 4 is 28.9 Å². The Bertz CT molecular complexity index is 1480. The summed E-state index contributed by atoms with van der Waals surface area (Å²) >= 11 is 0. The van der Waals surface area contributed by atoms with Crippen LogP contribution in [0.4, 0.5) is 0 Å². The van der Waals surface area contributed by atoms with Gasteiger partial charge < -0.3 is 19.7 Å². The van der Waals surface area contributed by atoms with Gasteiger partial charge in [0.05, 0.1) is 18.2 Å². The van der Waals surface area contributed by atoms with Gasteiger partial charge in [-0.25, -0.2) is 4.79 Å². The van der Waals surface area contributed by atoms with E-state index in [0.29, 0.717) is 13.2 Å². The van der Waals surface area contributed by atoms with Crippen LogP contribution in [-0.2, 0) is 17.6 Å². The highest BCUT2D eigenvalue weighted by Gasteiger charge is 2.34. The maximum atomic E-state index is 13.5. The largest absolute Gasteiger partial charge is 0.493 e. The number of aromatic carboxylic acids is 1. The second-order valence-electron chi connectivity index (χ2n) is 8.97. The van der Waals surface area contributed by atoms with Crippen LogP contribution in [-0.4, -0.2) is 40.0 Å². The first-order valence-electron chi connectivity index (χ1n) is 11.8. The van der Waals surface area contributed by atoms with Crippen molar-refractivity contribution in [2.45, 2.75) is 18.9 Å². The van der Waals surface area contributed by atoms with Crippen molar-refractivity contribution in [3.05, 3.63) is 106 Å². The lowest BCUT2D eigenvalue weighted by atomic mass is 9.91. The van der Waals surface area contributed by atoms with Crippen LogP contribution < -0.4 is 4.74 Å². The van der Waals surface area contributed by atoms with Gasteiger partial charge in [-0.1, -0.05) is 36.4 Å². The number of nitrogens with one attached hydrogen (secondary N) is 1. The number of hydrogen-bond donors (Lipinski definition) is 2. The molecular weight excluding hydrogens is 440 g/mol. The van der Waals surface area contributed by atoms with E-state index in [9.17, 15) is 9.59 Å². The lowest BCUT2D eigenvalue weighted by Crippen LogP contribution is -2.39. The number of nitrogens with zero attached hydrogens (tertiary/aromatic N) is 1.